The molecule has 90 valence electrons. The Morgan fingerprint density at radius 2 is 2.29 bits per heavy atom. The number of carbonyl (C=O) groups excluding carboxylic acids is 2. The molecule has 0 unspecified atom stereocenters. The number of nitrogens with zero attached hydrogens (tertiary/aromatic N) is 1. The normalized spacial score (nSPS) is 14.5. The monoisotopic (exact) mass is 251 g/mol. The van der Waals surface area contributed by atoms with Crippen molar-refractivity contribution in [1.82, 2.24) is 10.3 Å². The van der Waals surface area contributed by atoms with Gasteiger partial charge in [0.2, 0.25) is 5.91 Å². The number of pyridine rings is 1. The molecule has 0 aliphatic heterocycles. The van der Waals surface area contributed by atoms with Crippen LogP contribution in [0.2, 0.25) is 0 Å². The Bertz CT molecular complexity index is 476. The molecule has 3 N–H and O–H groups in total. The van der Waals surface area contributed by atoms with Gasteiger partial charge in [0, 0.05) is 23.2 Å². The summed E-state index contributed by atoms with van der Waals surface area (Å²) in [4.78, 5) is 27.4. The Hall–Kier alpha value is -1.40. The summed E-state index contributed by atoms with van der Waals surface area (Å²) in [6.45, 7) is 0. The van der Waals surface area contributed by atoms with Crippen LogP contribution < -0.4 is 11.1 Å². The molecule has 0 saturated carbocycles. The van der Waals surface area contributed by atoms with Gasteiger partial charge in [-0.3, -0.25) is 19.9 Å². The first-order valence-electron chi connectivity index (χ1n) is 5.32. The van der Waals surface area contributed by atoms with Crippen LogP contribution in [0.5, 0.6) is 0 Å². The molecule has 1 aliphatic rings. The van der Waals surface area contributed by atoms with E-state index in [1.54, 1.807) is 12.3 Å². The van der Waals surface area contributed by atoms with Crippen molar-refractivity contribution < 1.29 is 9.59 Å². The zero-order valence-corrected chi connectivity index (χ0v) is 10.0. The third-order valence-electron chi connectivity index (χ3n) is 2.77. The topological polar surface area (TPSA) is 85.1 Å². The number of nitrogens with two attached hydrogens (primary N) is 1. The molecule has 1 atom stereocenters. The summed E-state index contributed by atoms with van der Waals surface area (Å²) in [6, 6.07) is 0.849. The van der Waals surface area contributed by atoms with Crippen molar-refractivity contribution in [2.45, 2.75) is 18.9 Å². The van der Waals surface area contributed by atoms with Crippen molar-refractivity contribution in [2.24, 2.45) is 5.73 Å². The molecule has 1 aromatic heterocycles. The van der Waals surface area contributed by atoms with Gasteiger partial charge in [-0.25, -0.2) is 0 Å². The number of fused-ring (bicyclic) bond motifs is 1. The molecule has 2 amide bonds. The molecule has 17 heavy (non-hydrogen) atoms. The van der Waals surface area contributed by atoms with E-state index >= 15 is 0 Å². The molecule has 0 spiro atoms. The van der Waals surface area contributed by atoms with E-state index in [1.165, 1.54) is 0 Å². The van der Waals surface area contributed by atoms with E-state index in [0.29, 0.717) is 5.56 Å². The van der Waals surface area contributed by atoms with Gasteiger partial charge in [0.15, 0.2) is 0 Å². The Kier molecular flexibility index (Phi) is 3.44. The number of aryl methyl sites for hydroxylation is 1. The number of imide groups is 1. The van der Waals surface area contributed by atoms with E-state index < -0.39 is 17.9 Å². The lowest BCUT2D eigenvalue weighted by molar-refractivity contribution is -0.120. The lowest BCUT2D eigenvalue weighted by Crippen LogP contribution is -2.45. The fourth-order valence-corrected chi connectivity index (χ4v) is 1.83. The fraction of sp³-hybridized carbons (Fsp3) is 0.364. The summed E-state index contributed by atoms with van der Waals surface area (Å²) in [5.74, 6) is -0.714. The summed E-state index contributed by atoms with van der Waals surface area (Å²) in [5, 5.41) is 2.27. The third-order valence-corrected chi connectivity index (χ3v) is 3.17. The third kappa shape index (κ3) is 2.32. The van der Waals surface area contributed by atoms with Crippen molar-refractivity contribution in [1.29, 1.82) is 0 Å². The molecule has 0 fully saturated rings. The highest BCUT2D eigenvalue weighted by Crippen LogP contribution is 2.23. The minimum Gasteiger partial charge on any atom is -0.319 e. The molecule has 0 radical (unpaired) electrons. The molecule has 0 saturated heterocycles. The summed E-state index contributed by atoms with van der Waals surface area (Å²) in [7, 11) is 0. The van der Waals surface area contributed by atoms with Crippen LogP contribution in [-0.4, -0.2) is 28.6 Å². The van der Waals surface area contributed by atoms with Crippen LogP contribution in [0.25, 0.3) is 0 Å². The second kappa shape index (κ2) is 4.85. The Labute approximate surface area is 104 Å². The van der Waals surface area contributed by atoms with Gasteiger partial charge in [-0.1, -0.05) is 0 Å². The average molecular weight is 251 g/mol. The SMILES string of the molecule is N[C@H](CS)C(=O)NC(=O)c1ccnc2c1CC2. The van der Waals surface area contributed by atoms with E-state index in [9.17, 15) is 9.59 Å². The van der Waals surface area contributed by atoms with E-state index in [1.807, 2.05) is 0 Å². The molecule has 2 rings (SSSR count). The van der Waals surface area contributed by atoms with Crippen molar-refractivity contribution >= 4 is 24.4 Å². The van der Waals surface area contributed by atoms with E-state index in [-0.39, 0.29) is 5.75 Å². The molecule has 6 heteroatoms. The van der Waals surface area contributed by atoms with Crippen LogP contribution in [0.1, 0.15) is 21.6 Å². The van der Waals surface area contributed by atoms with Crippen LogP contribution >= 0.6 is 12.6 Å². The van der Waals surface area contributed by atoms with Crippen molar-refractivity contribution in [2.75, 3.05) is 5.75 Å². The molecule has 0 bridgehead atoms. The van der Waals surface area contributed by atoms with Crippen molar-refractivity contribution in [3.05, 3.63) is 29.1 Å². The van der Waals surface area contributed by atoms with Crippen LogP contribution in [0.4, 0.5) is 0 Å². The van der Waals surface area contributed by atoms with Gasteiger partial charge in [0.25, 0.3) is 5.91 Å². The summed E-state index contributed by atoms with van der Waals surface area (Å²) >= 11 is 3.91. The predicted molar refractivity (Wildman–Crippen MR) is 65.9 cm³/mol. The highest BCUT2D eigenvalue weighted by Gasteiger charge is 2.24. The molecule has 0 aromatic carbocycles. The van der Waals surface area contributed by atoms with Gasteiger partial charge < -0.3 is 5.73 Å². The lowest BCUT2D eigenvalue weighted by Gasteiger charge is -2.20. The van der Waals surface area contributed by atoms with E-state index in [0.717, 1.165) is 24.1 Å². The average Bonchev–Trinajstić information content (AvgIpc) is 2.28. The Morgan fingerprint density at radius 1 is 1.53 bits per heavy atom. The molecular weight excluding hydrogens is 238 g/mol. The number of rotatable bonds is 3. The maximum absolute atomic E-state index is 11.8. The zero-order chi connectivity index (χ0) is 12.4. The zero-order valence-electron chi connectivity index (χ0n) is 9.14. The number of hydrogen-bond acceptors (Lipinski definition) is 5. The van der Waals surface area contributed by atoms with Crippen LogP contribution in [0.15, 0.2) is 12.3 Å². The van der Waals surface area contributed by atoms with Gasteiger partial charge in [0.1, 0.15) is 0 Å². The fourth-order valence-electron chi connectivity index (χ4n) is 1.66. The molecule has 1 heterocycles. The highest BCUT2D eigenvalue weighted by atomic mass is 32.1. The summed E-state index contributed by atoms with van der Waals surface area (Å²) in [6.07, 6.45) is 3.30. The second-order valence-electron chi connectivity index (χ2n) is 3.89. The lowest BCUT2D eigenvalue weighted by atomic mass is 9.89. The standard InChI is InChI=1S/C11H13N3O2S/c12-8(5-17)11(16)14-10(15)7-3-4-13-9-2-1-6(7)9/h3-4,8,17H,1-2,5,12H2,(H,14,15,16)/t8-/m1/s1. The number of nitrogens with one attached hydrogen (secondary N) is 1. The molecule has 5 nitrogen and oxygen atoms in total. The molecule has 1 aliphatic carbocycles. The first kappa shape index (κ1) is 12.1. The first-order chi connectivity index (χ1) is 8.13. The molecular formula is C11H13N3O2S. The summed E-state index contributed by atoms with van der Waals surface area (Å²) < 4.78 is 0. The van der Waals surface area contributed by atoms with E-state index in [4.69, 9.17) is 5.73 Å². The maximum atomic E-state index is 11.8. The van der Waals surface area contributed by atoms with Gasteiger partial charge in [-0.2, -0.15) is 12.6 Å². The second-order valence-corrected chi connectivity index (χ2v) is 4.26. The van der Waals surface area contributed by atoms with Crippen molar-refractivity contribution in [3.8, 4) is 0 Å². The van der Waals surface area contributed by atoms with Crippen LogP contribution in [0.3, 0.4) is 0 Å². The van der Waals surface area contributed by atoms with Gasteiger partial charge in [0.05, 0.1) is 6.04 Å². The Morgan fingerprint density at radius 3 is 2.88 bits per heavy atom. The first-order valence-corrected chi connectivity index (χ1v) is 5.95. The van der Waals surface area contributed by atoms with Crippen LogP contribution in [-0.2, 0) is 17.6 Å². The number of hydrogen-bond donors (Lipinski definition) is 3. The predicted octanol–water partition coefficient (Wildman–Crippen LogP) is -0.306. The number of carbonyl (C=O) groups is 2. The quantitative estimate of drug-likeness (QED) is 0.644. The van der Waals surface area contributed by atoms with Gasteiger partial charge in [-0.05, 0) is 24.5 Å². The largest absolute Gasteiger partial charge is 0.319 e. The number of thiol groups is 1. The van der Waals surface area contributed by atoms with Gasteiger partial charge >= 0.3 is 0 Å². The van der Waals surface area contributed by atoms with Crippen molar-refractivity contribution in [3.63, 3.8) is 0 Å². The minimum atomic E-state index is -0.769. The molecule has 1 aromatic rings. The van der Waals surface area contributed by atoms with Crippen LogP contribution in [0, 0.1) is 0 Å². The number of aromatic nitrogens is 1. The smallest absolute Gasteiger partial charge is 0.258 e. The van der Waals surface area contributed by atoms with Gasteiger partial charge in [-0.15, -0.1) is 0 Å². The van der Waals surface area contributed by atoms with E-state index in [2.05, 4.69) is 22.9 Å². The summed E-state index contributed by atoms with van der Waals surface area (Å²) in [5.41, 5.74) is 7.85. The maximum Gasteiger partial charge on any atom is 0.258 e. The minimum absolute atomic E-state index is 0.202. The Balaban J connectivity index is 2.10. The highest BCUT2D eigenvalue weighted by molar-refractivity contribution is 7.80. The number of amides is 2.